The van der Waals surface area contributed by atoms with Crippen LogP contribution in [0.1, 0.15) is 11.4 Å². The van der Waals surface area contributed by atoms with Crippen LogP contribution < -0.4 is 15.4 Å². The molecule has 0 aliphatic rings. The monoisotopic (exact) mass is 352 g/mol. The summed E-state index contributed by atoms with van der Waals surface area (Å²) in [5.41, 5.74) is 3.21. The number of benzene rings is 2. The second-order valence-corrected chi connectivity index (χ2v) is 6.15. The SMILES string of the molecule is Cc1cccc(OCCNC(=O)NCCn2c(C)nc3ccccc32)c1. The van der Waals surface area contributed by atoms with E-state index in [-0.39, 0.29) is 6.03 Å². The first-order chi connectivity index (χ1) is 12.6. The molecule has 1 heterocycles. The van der Waals surface area contributed by atoms with Gasteiger partial charge in [0.15, 0.2) is 0 Å². The van der Waals surface area contributed by atoms with Gasteiger partial charge in [-0.25, -0.2) is 9.78 Å². The zero-order chi connectivity index (χ0) is 18.4. The minimum atomic E-state index is -0.195. The van der Waals surface area contributed by atoms with E-state index in [2.05, 4.69) is 20.2 Å². The van der Waals surface area contributed by atoms with Crippen LogP contribution in [0.25, 0.3) is 11.0 Å². The first kappa shape index (κ1) is 17.8. The Bertz CT molecular complexity index is 888. The lowest BCUT2D eigenvalue weighted by atomic mass is 10.2. The Balaban J connectivity index is 1.38. The number of carbonyl (C=O) groups excluding carboxylic acids is 1. The summed E-state index contributed by atoms with van der Waals surface area (Å²) in [4.78, 5) is 16.4. The van der Waals surface area contributed by atoms with E-state index in [1.54, 1.807) is 0 Å². The van der Waals surface area contributed by atoms with E-state index in [1.807, 2.05) is 62.4 Å². The number of amides is 2. The summed E-state index contributed by atoms with van der Waals surface area (Å²) < 4.78 is 7.72. The number of nitrogens with zero attached hydrogens (tertiary/aromatic N) is 2. The molecule has 6 nitrogen and oxygen atoms in total. The largest absolute Gasteiger partial charge is 0.492 e. The van der Waals surface area contributed by atoms with E-state index in [0.29, 0.717) is 26.2 Å². The van der Waals surface area contributed by atoms with Crippen molar-refractivity contribution in [3.8, 4) is 5.75 Å². The average molecular weight is 352 g/mol. The molecule has 6 heteroatoms. The van der Waals surface area contributed by atoms with Crippen LogP contribution in [0, 0.1) is 13.8 Å². The molecule has 2 N–H and O–H groups in total. The number of rotatable bonds is 7. The number of para-hydroxylation sites is 2. The fourth-order valence-electron chi connectivity index (χ4n) is 2.86. The summed E-state index contributed by atoms with van der Waals surface area (Å²) in [7, 11) is 0. The van der Waals surface area contributed by atoms with Crippen molar-refractivity contribution in [2.45, 2.75) is 20.4 Å². The highest BCUT2D eigenvalue weighted by molar-refractivity contribution is 5.76. The summed E-state index contributed by atoms with van der Waals surface area (Å²) in [6, 6.07) is 15.7. The molecular formula is C20H24N4O2. The number of hydrogen-bond acceptors (Lipinski definition) is 3. The van der Waals surface area contributed by atoms with E-state index < -0.39 is 0 Å². The van der Waals surface area contributed by atoms with Gasteiger partial charge >= 0.3 is 6.03 Å². The molecule has 0 bridgehead atoms. The molecule has 3 rings (SSSR count). The van der Waals surface area contributed by atoms with Crippen LogP contribution in [0.4, 0.5) is 4.79 Å². The van der Waals surface area contributed by atoms with Gasteiger partial charge in [-0.2, -0.15) is 0 Å². The molecule has 0 saturated carbocycles. The average Bonchev–Trinajstić information content (AvgIpc) is 2.94. The molecule has 0 aliphatic carbocycles. The molecule has 0 fully saturated rings. The Hall–Kier alpha value is -3.02. The van der Waals surface area contributed by atoms with Crippen LogP contribution in [0.5, 0.6) is 5.75 Å². The fraction of sp³-hybridized carbons (Fsp3) is 0.300. The fourth-order valence-corrected chi connectivity index (χ4v) is 2.86. The molecule has 26 heavy (non-hydrogen) atoms. The van der Waals surface area contributed by atoms with Gasteiger partial charge in [-0.15, -0.1) is 0 Å². The van der Waals surface area contributed by atoms with Crippen molar-refractivity contribution >= 4 is 17.1 Å². The van der Waals surface area contributed by atoms with E-state index >= 15 is 0 Å². The lowest BCUT2D eigenvalue weighted by Crippen LogP contribution is -2.39. The van der Waals surface area contributed by atoms with Crippen LogP contribution in [0.3, 0.4) is 0 Å². The Kier molecular flexibility index (Phi) is 5.73. The van der Waals surface area contributed by atoms with E-state index in [1.165, 1.54) is 0 Å². The Morgan fingerprint density at radius 1 is 1.08 bits per heavy atom. The topological polar surface area (TPSA) is 68.2 Å². The number of imidazole rings is 1. The van der Waals surface area contributed by atoms with Gasteiger partial charge < -0.3 is 19.9 Å². The summed E-state index contributed by atoms with van der Waals surface area (Å²) in [5, 5.41) is 5.67. The van der Waals surface area contributed by atoms with Gasteiger partial charge in [0.1, 0.15) is 18.2 Å². The maximum atomic E-state index is 11.9. The number of carbonyl (C=O) groups is 1. The van der Waals surface area contributed by atoms with Gasteiger partial charge in [-0.05, 0) is 43.7 Å². The van der Waals surface area contributed by atoms with Gasteiger partial charge in [0.25, 0.3) is 0 Å². The van der Waals surface area contributed by atoms with Crippen molar-refractivity contribution in [2.75, 3.05) is 19.7 Å². The molecule has 0 aliphatic heterocycles. The van der Waals surface area contributed by atoms with Gasteiger partial charge in [0.2, 0.25) is 0 Å². The number of aryl methyl sites for hydroxylation is 2. The van der Waals surface area contributed by atoms with Crippen molar-refractivity contribution in [3.05, 3.63) is 59.9 Å². The lowest BCUT2D eigenvalue weighted by Gasteiger charge is -2.11. The smallest absolute Gasteiger partial charge is 0.314 e. The molecule has 0 atom stereocenters. The lowest BCUT2D eigenvalue weighted by molar-refractivity contribution is 0.236. The van der Waals surface area contributed by atoms with Crippen molar-refractivity contribution in [3.63, 3.8) is 0 Å². The number of ether oxygens (including phenoxy) is 1. The van der Waals surface area contributed by atoms with Crippen LogP contribution >= 0.6 is 0 Å². The van der Waals surface area contributed by atoms with Gasteiger partial charge in [-0.3, -0.25) is 0 Å². The predicted octanol–water partition coefficient (Wildman–Crippen LogP) is 3.03. The number of urea groups is 1. The molecule has 0 unspecified atom stereocenters. The second kappa shape index (κ2) is 8.38. The third-order valence-corrected chi connectivity index (χ3v) is 4.11. The minimum absolute atomic E-state index is 0.195. The zero-order valence-electron chi connectivity index (χ0n) is 15.2. The van der Waals surface area contributed by atoms with Gasteiger partial charge in [0, 0.05) is 13.1 Å². The standard InChI is InChI=1S/C20H24N4O2/c1-15-6-5-7-17(14-15)26-13-11-22-20(25)21-10-12-24-16(2)23-18-8-3-4-9-19(18)24/h3-9,14H,10-13H2,1-2H3,(H2,21,22,25). The van der Waals surface area contributed by atoms with Crippen molar-refractivity contribution < 1.29 is 9.53 Å². The minimum Gasteiger partial charge on any atom is -0.492 e. The normalized spacial score (nSPS) is 10.7. The summed E-state index contributed by atoms with van der Waals surface area (Å²) in [6.45, 7) is 6.09. The highest BCUT2D eigenvalue weighted by Crippen LogP contribution is 2.14. The van der Waals surface area contributed by atoms with Crippen molar-refractivity contribution in [1.82, 2.24) is 20.2 Å². The molecule has 136 valence electrons. The molecule has 1 aromatic heterocycles. The van der Waals surface area contributed by atoms with Gasteiger partial charge in [-0.1, -0.05) is 24.3 Å². The first-order valence-electron chi connectivity index (χ1n) is 8.76. The van der Waals surface area contributed by atoms with E-state index in [0.717, 1.165) is 28.2 Å². The van der Waals surface area contributed by atoms with Crippen LogP contribution in [0.2, 0.25) is 0 Å². The van der Waals surface area contributed by atoms with Crippen molar-refractivity contribution in [1.29, 1.82) is 0 Å². The molecule has 2 amide bonds. The maximum absolute atomic E-state index is 11.9. The molecule has 2 aromatic carbocycles. The molecular weight excluding hydrogens is 328 g/mol. The Morgan fingerprint density at radius 2 is 1.88 bits per heavy atom. The number of fused-ring (bicyclic) bond motifs is 1. The number of hydrogen-bond donors (Lipinski definition) is 2. The highest BCUT2D eigenvalue weighted by Gasteiger charge is 2.06. The van der Waals surface area contributed by atoms with E-state index in [9.17, 15) is 4.79 Å². The number of aromatic nitrogens is 2. The second-order valence-electron chi connectivity index (χ2n) is 6.15. The Labute approximate surface area is 153 Å². The predicted molar refractivity (Wildman–Crippen MR) is 103 cm³/mol. The summed E-state index contributed by atoms with van der Waals surface area (Å²) in [6.07, 6.45) is 0. The summed E-state index contributed by atoms with van der Waals surface area (Å²) >= 11 is 0. The molecule has 0 saturated heterocycles. The molecule has 0 spiro atoms. The van der Waals surface area contributed by atoms with Crippen molar-refractivity contribution in [2.24, 2.45) is 0 Å². The number of nitrogens with one attached hydrogen (secondary N) is 2. The third kappa shape index (κ3) is 4.53. The quantitative estimate of drug-likeness (QED) is 0.642. The highest BCUT2D eigenvalue weighted by atomic mass is 16.5. The van der Waals surface area contributed by atoms with E-state index in [4.69, 9.17) is 4.74 Å². The maximum Gasteiger partial charge on any atom is 0.314 e. The Morgan fingerprint density at radius 3 is 2.73 bits per heavy atom. The molecule has 3 aromatic rings. The zero-order valence-corrected chi connectivity index (χ0v) is 15.2. The first-order valence-corrected chi connectivity index (χ1v) is 8.76. The third-order valence-electron chi connectivity index (χ3n) is 4.11. The van der Waals surface area contributed by atoms with Gasteiger partial charge in [0.05, 0.1) is 17.6 Å². The van der Waals surface area contributed by atoms with Crippen LogP contribution in [-0.2, 0) is 6.54 Å². The summed E-state index contributed by atoms with van der Waals surface area (Å²) in [5.74, 6) is 1.76. The van der Waals surface area contributed by atoms with Crippen LogP contribution in [-0.4, -0.2) is 35.3 Å². The molecule has 0 radical (unpaired) electrons. The van der Waals surface area contributed by atoms with Crippen LogP contribution in [0.15, 0.2) is 48.5 Å².